The lowest BCUT2D eigenvalue weighted by molar-refractivity contribution is -0.143. The van der Waals surface area contributed by atoms with Crippen LogP contribution in [-0.4, -0.2) is 24.3 Å². The first-order chi connectivity index (χ1) is 14.4. The Morgan fingerprint density at radius 1 is 1.07 bits per heavy atom. The minimum Gasteiger partial charge on any atom is -0.497 e. The molecule has 0 spiro atoms. The number of nitrogens with two attached hydrogens (primary N) is 1. The van der Waals surface area contributed by atoms with Crippen molar-refractivity contribution in [2.75, 3.05) is 12.8 Å². The van der Waals surface area contributed by atoms with Crippen LogP contribution < -0.4 is 15.2 Å². The number of aliphatic hydroxyl groups excluding tert-OH is 1. The fraction of sp³-hybridized carbons (Fsp3) is 0.174. The third-order valence-corrected chi connectivity index (χ3v) is 6.33. The Bertz CT molecular complexity index is 1030. The van der Waals surface area contributed by atoms with Gasteiger partial charge in [0.2, 0.25) is 0 Å². The highest BCUT2D eigenvalue weighted by atomic mass is 35.5. The molecule has 156 valence electrons. The van der Waals surface area contributed by atoms with E-state index in [9.17, 15) is 9.90 Å². The molecule has 0 aliphatic rings. The maximum Gasteiger partial charge on any atom is 0.341 e. The van der Waals surface area contributed by atoms with E-state index in [1.165, 1.54) is 11.8 Å². The summed E-state index contributed by atoms with van der Waals surface area (Å²) in [5, 5.41) is 10.8. The summed E-state index contributed by atoms with van der Waals surface area (Å²) in [7, 11) is 1.58. The predicted molar refractivity (Wildman–Crippen MR) is 120 cm³/mol. The van der Waals surface area contributed by atoms with Gasteiger partial charge >= 0.3 is 5.97 Å². The van der Waals surface area contributed by atoms with Gasteiger partial charge in [-0.15, -0.1) is 11.8 Å². The summed E-state index contributed by atoms with van der Waals surface area (Å²) in [5.74, 6) is 0.230. The molecule has 0 saturated heterocycles. The molecular formula is C23H22ClNO4S. The SMILES string of the molecule is COc1ccc([C@H](Sc2ccccc2N)[C@@H](O)C(=O)Oc2ccc(Cl)c(C)c2)cc1. The number of para-hydroxylation sites is 1. The highest BCUT2D eigenvalue weighted by Gasteiger charge is 2.31. The zero-order valence-corrected chi connectivity index (χ0v) is 18.1. The molecule has 2 atom stereocenters. The topological polar surface area (TPSA) is 81.8 Å². The number of hydrogen-bond acceptors (Lipinski definition) is 6. The molecule has 0 bridgehead atoms. The maximum absolute atomic E-state index is 12.7. The molecule has 0 heterocycles. The van der Waals surface area contributed by atoms with Gasteiger partial charge in [-0.2, -0.15) is 0 Å². The summed E-state index contributed by atoms with van der Waals surface area (Å²) < 4.78 is 10.6. The van der Waals surface area contributed by atoms with Crippen LogP contribution in [0.15, 0.2) is 71.6 Å². The van der Waals surface area contributed by atoms with Crippen molar-refractivity contribution < 1.29 is 19.4 Å². The second-order valence-electron chi connectivity index (χ2n) is 6.63. The van der Waals surface area contributed by atoms with Crippen LogP contribution in [0.1, 0.15) is 16.4 Å². The summed E-state index contributed by atoms with van der Waals surface area (Å²) in [4.78, 5) is 13.5. The number of nitrogen functional groups attached to an aromatic ring is 1. The van der Waals surface area contributed by atoms with Gasteiger partial charge in [0.15, 0.2) is 6.10 Å². The van der Waals surface area contributed by atoms with E-state index >= 15 is 0 Å². The smallest absolute Gasteiger partial charge is 0.341 e. The van der Waals surface area contributed by atoms with Crippen LogP contribution in [0.25, 0.3) is 0 Å². The first kappa shape index (κ1) is 22.0. The fourth-order valence-corrected chi connectivity index (χ4v) is 4.10. The summed E-state index contributed by atoms with van der Waals surface area (Å²) in [6, 6.07) is 19.3. The van der Waals surface area contributed by atoms with Gasteiger partial charge in [-0.3, -0.25) is 0 Å². The Hall–Kier alpha value is -2.67. The van der Waals surface area contributed by atoms with Gasteiger partial charge in [-0.25, -0.2) is 4.79 Å². The van der Waals surface area contributed by atoms with Crippen LogP contribution in [-0.2, 0) is 4.79 Å². The van der Waals surface area contributed by atoms with Gasteiger partial charge in [-0.05, 0) is 60.5 Å². The molecule has 0 aromatic heterocycles. The van der Waals surface area contributed by atoms with E-state index in [1.54, 1.807) is 55.6 Å². The summed E-state index contributed by atoms with van der Waals surface area (Å²) in [6.07, 6.45) is -1.43. The Morgan fingerprint density at radius 3 is 2.37 bits per heavy atom. The van der Waals surface area contributed by atoms with Gasteiger partial charge in [0.05, 0.1) is 12.4 Å². The molecule has 7 heteroatoms. The number of benzene rings is 3. The van der Waals surface area contributed by atoms with Crippen molar-refractivity contribution in [1.29, 1.82) is 0 Å². The van der Waals surface area contributed by atoms with Gasteiger partial charge in [0.1, 0.15) is 11.5 Å². The molecule has 0 saturated carbocycles. The Balaban J connectivity index is 1.88. The predicted octanol–water partition coefficient (Wildman–Crippen LogP) is 5.04. The van der Waals surface area contributed by atoms with Crippen LogP contribution in [0.4, 0.5) is 5.69 Å². The van der Waals surface area contributed by atoms with E-state index in [0.717, 1.165) is 16.0 Å². The van der Waals surface area contributed by atoms with Crippen molar-refractivity contribution in [2.45, 2.75) is 23.2 Å². The molecule has 0 unspecified atom stereocenters. The molecule has 3 N–H and O–H groups in total. The highest BCUT2D eigenvalue weighted by Crippen LogP contribution is 2.41. The molecule has 3 aromatic rings. The number of ether oxygens (including phenoxy) is 2. The number of hydrogen-bond donors (Lipinski definition) is 2. The van der Waals surface area contributed by atoms with Crippen molar-refractivity contribution in [3.63, 3.8) is 0 Å². The van der Waals surface area contributed by atoms with Gasteiger partial charge in [0, 0.05) is 15.6 Å². The molecule has 3 rings (SSSR count). The number of methoxy groups -OCH3 is 1. The number of halogens is 1. The number of aliphatic hydroxyl groups is 1. The van der Waals surface area contributed by atoms with Crippen LogP contribution >= 0.6 is 23.4 Å². The number of esters is 1. The van der Waals surface area contributed by atoms with Crippen LogP contribution in [0.3, 0.4) is 0 Å². The quantitative estimate of drug-likeness (QED) is 0.230. The molecule has 0 aliphatic heterocycles. The van der Waals surface area contributed by atoms with Crippen molar-refractivity contribution >= 4 is 35.0 Å². The second-order valence-corrected chi connectivity index (χ2v) is 8.22. The number of carbonyl (C=O) groups excluding carboxylic acids is 1. The minimum atomic E-state index is -1.43. The van der Waals surface area contributed by atoms with Crippen molar-refractivity contribution in [2.24, 2.45) is 0 Å². The number of thioether (sulfide) groups is 1. The second kappa shape index (κ2) is 9.89. The number of aryl methyl sites for hydroxylation is 1. The Labute approximate surface area is 184 Å². The molecule has 0 amide bonds. The van der Waals surface area contributed by atoms with E-state index in [2.05, 4.69) is 0 Å². The lowest BCUT2D eigenvalue weighted by Crippen LogP contribution is -2.30. The third-order valence-electron chi connectivity index (χ3n) is 4.49. The lowest BCUT2D eigenvalue weighted by atomic mass is 10.1. The van der Waals surface area contributed by atoms with E-state index in [0.29, 0.717) is 22.2 Å². The summed E-state index contributed by atoms with van der Waals surface area (Å²) in [5.41, 5.74) is 8.15. The van der Waals surface area contributed by atoms with E-state index < -0.39 is 17.3 Å². The number of carbonyl (C=O) groups is 1. The van der Waals surface area contributed by atoms with Gasteiger partial charge in [-0.1, -0.05) is 35.9 Å². The normalized spacial score (nSPS) is 12.8. The van der Waals surface area contributed by atoms with Gasteiger partial charge in [0.25, 0.3) is 0 Å². The number of rotatable bonds is 7. The zero-order valence-electron chi connectivity index (χ0n) is 16.5. The van der Waals surface area contributed by atoms with E-state index in [1.807, 2.05) is 25.1 Å². The Kier molecular flexibility index (Phi) is 7.26. The zero-order chi connectivity index (χ0) is 21.7. The van der Waals surface area contributed by atoms with Crippen molar-refractivity contribution in [3.8, 4) is 11.5 Å². The molecule has 0 fully saturated rings. The molecular weight excluding hydrogens is 422 g/mol. The van der Waals surface area contributed by atoms with E-state index in [4.69, 9.17) is 26.8 Å². The lowest BCUT2D eigenvalue weighted by Gasteiger charge is -2.22. The van der Waals surface area contributed by atoms with Crippen LogP contribution in [0.2, 0.25) is 5.02 Å². The monoisotopic (exact) mass is 443 g/mol. The largest absolute Gasteiger partial charge is 0.497 e. The van der Waals surface area contributed by atoms with Crippen molar-refractivity contribution in [1.82, 2.24) is 0 Å². The molecule has 0 aliphatic carbocycles. The highest BCUT2D eigenvalue weighted by molar-refractivity contribution is 7.99. The first-order valence-electron chi connectivity index (χ1n) is 9.20. The molecule has 3 aromatic carbocycles. The minimum absolute atomic E-state index is 0.318. The summed E-state index contributed by atoms with van der Waals surface area (Å²) >= 11 is 7.32. The first-order valence-corrected chi connectivity index (χ1v) is 10.5. The van der Waals surface area contributed by atoms with E-state index in [-0.39, 0.29) is 0 Å². The number of anilines is 1. The van der Waals surface area contributed by atoms with Crippen molar-refractivity contribution in [3.05, 3.63) is 82.9 Å². The molecule has 30 heavy (non-hydrogen) atoms. The average molecular weight is 444 g/mol. The molecule has 0 radical (unpaired) electrons. The summed E-state index contributed by atoms with van der Waals surface area (Å²) in [6.45, 7) is 1.81. The fourth-order valence-electron chi connectivity index (χ4n) is 2.81. The standard InChI is InChI=1S/C23H22ClNO4S/c1-14-13-17(11-12-18(14)24)29-23(27)21(26)22(15-7-9-16(28-2)10-8-15)30-20-6-4-3-5-19(20)25/h3-13,21-22,26H,25H2,1-2H3/t21-,22+/m1/s1. The maximum atomic E-state index is 12.7. The Morgan fingerprint density at radius 2 is 1.73 bits per heavy atom. The van der Waals surface area contributed by atoms with Gasteiger partial charge < -0.3 is 20.3 Å². The van der Waals surface area contributed by atoms with Crippen LogP contribution in [0.5, 0.6) is 11.5 Å². The third kappa shape index (κ3) is 5.27. The average Bonchev–Trinajstić information content (AvgIpc) is 2.75. The molecule has 5 nitrogen and oxygen atoms in total. The van der Waals surface area contributed by atoms with Crippen LogP contribution in [0, 0.1) is 6.92 Å².